The van der Waals surface area contributed by atoms with Gasteiger partial charge in [0.15, 0.2) is 0 Å². The second kappa shape index (κ2) is 10.7. The van der Waals surface area contributed by atoms with E-state index < -0.39 is 0 Å². The van der Waals surface area contributed by atoms with E-state index in [-0.39, 0.29) is 5.41 Å². The smallest absolute Gasteiger partial charge is 0.138 e. The highest BCUT2D eigenvalue weighted by Gasteiger charge is 2.36. The van der Waals surface area contributed by atoms with Crippen LogP contribution < -0.4 is 0 Å². The van der Waals surface area contributed by atoms with Crippen LogP contribution in [0.5, 0.6) is 0 Å². The molecular formula is C50H34N2. The lowest BCUT2D eigenvalue weighted by molar-refractivity contribution is 0.661. The van der Waals surface area contributed by atoms with Crippen LogP contribution in [-0.4, -0.2) is 9.55 Å². The van der Waals surface area contributed by atoms with E-state index in [0.717, 1.165) is 28.2 Å². The Labute approximate surface area is 302 Å². The van der Waals surface area contributed by atoms with Gasteiger partial charge in [0.2, 0.25) is 0 Å². The van der Waals surface area contributed by atoms with Gasteiger partial charge in [-0.15, -0.1) is 0 Å². The summed E-state index contributed by atoms with van der Waals surface area (Å²) in [6.07, 6.45) is 0. The average molecular weight is 663 g/mol. The molecule has 0 radical (unpaired) electrons. The van der Waals surface area contributed by atoms with E-state index in [4.69, 9.17) is 4.98 Å². The van der Waals surface area contributed by atoms with Crippen molar-refractivity contribution in [3.05, 3.63) is 181 Å². The SMILES string of the molecule is CC1(C)c2ccccc2-c2cc3c4cc5c6ccccc6c6ccccc6c5cc4n(-c4cc(-c5ccccc5)cc(-c5ccccc5)n4)c3cc21. The molecule has 52 heavy (non-hydrogen) atoms. The van der Waals surface area contributed by atoms with E-state index in [1.165, 1.54) is 76.4 Å². The molecule has 10 aromatic rings. The molecule has 0 fully saturated rings. The highest BCUT2D eigenvalue weighted by molar-refractivity contribution is 6.29. The predicted molar refractivity (Wildman–Crippen MR) is 220 cm³/mol. The van der Waals surface area contributed by atoms with Gasteiger partial charge in [0, 0.05) is 21.8 Å². The zero-order chi connectivity index (χ0) is 34.6. The highest BCUT2D eigenvalue weighted by atomic mass is 15.1. The number of benzene rings is 8. The second-order valence-electron chi connectivity index (χ2n) is 14.8. The lowest BCUT2D eigenvalue weighted by Gasteiger charge is -2.21. The Morgan fingerprint density at radius 3 is 1.62 bits per heavy atom. The van der Waals surface area contributed by atoms with Gasteiger partial charge in [-0.1, -0.05) is 147 Å². The highest BCUT2D eigenvalue weighted by Crippen LogP contribution is 2.51. The molecule has 0 saturated carbocycles. The standard InChI is InChI=1S/C50H34N2/c1-50(2)44-24-14-13-23-38(44)41-28-43-42-27-39-36-21-11-9-19-34(36)35-20-10-12-22-37(35)40(39)29-47(42)52(48(43)30-45(41)50)49-26-33(31-15-5-3-6-16-31)25-46(51-49)32-17-7-4-8-18-32/h3-30H,1-2H3. The molecule has 1 aliphatic rings. The van der Waals surface area contributed by atoms with Crippen LogP contribution in [0.25, 0.3) is 93.5 Å². The summed E-state index contributed by atoms with van der Waals surface area (Å²) in [5.74, 6) is 0.915. The molecule has 2 heteroatoms. The van der Waals surface area contributed by atoms with Gasteiger partial charge in [0.05, 0.1) is 16.7 Å². The Morgan fingerprint density at radius 1 is 0.385 bits per heavy atom. The minimum atomic E-state index is -0.132. The van der Waals surface area contributed by atoms with E-state index >= 15 is 0 Å². The summed E-state index contributed by atoms with van der Waals surface area (Å²) < 4.78 is 2.44. The largest absolute Gasteiger partial charge is 0.294 e. The van der Waals surface area contributed by atoms with Gasteiger partial charge in [0.25, 0.3) is 0 Å². The molecule has 0 saturated heterocycles. The monoisotopic (exact) mass is 662 g/mol. The molecule has 0 amide bonds. The van der Waals surface area contributed by atoms with Crippen molar-refractivity contribution >= 4 is 54.1 Å². The van der Waals surface area contributed by atoms with Crippen LogP contribution >= 0.6 is 0 Å². The van der Waals surface area contributed by atoms with E-state index in [2.05, 4.69) is 188 Å². The number of fused-ring (bicyclic) bond motifs is 12. The molecule has 0 unspecified atom stereocenters. The molecule has 0 aliphatic heterocycles. The van der Waals surface area contributed by atoms with Crippen molar-refractivity contribution in [3.8, 4) is 39.3 Å². The predicted octanol–water partition coefficient (Wildman–Crippen LogP) is 13.3. The summed E-state index contributed by atoms with van der Waals surface area (Å²) in [5.41, 5.74) is 12.0. The van der Waals surface area contributed by atoms with E-state index in [0.29, 0.717) is 0 Å². The molecule has 0 spiro atoms. The van der Waals surface area contributed by atoms with E-state index in [1.54, 1.807) is 0 Å². The van der Waals surface area contributed by atoms with Crippen molar-refractivity contribution < 1.29 is 0 Å². The maximum absolute atomic E-state index is 5.50. The quantitative estimate of drug-likeness (QED) is 0.172. The lowest BCUT2D eigenvalue weighted by Crippen LogP contribution is -2.15. The Kier molecular flexibility index (Phi) is 6.04. The number of nitrogens with zero attached hydrogens (tertiary/aromatic N) is 2. The van der Waals surface area contributed by atoms with Crippen LogP contribution in [0.3, 0.4) is 0 Å². The molecule has 11 rings (SSSR count). The molecule has 0 bridgehead atoms. The van der Waals surface area contributed by atoms with Gasteiger partial charge in [-0.25, -0.2) is 4.98 Å². The van der Waals surface area contributed by atoms with Crippen LogP contribution in [0.4, 0.5) is 0 Å². The zero-order valence-corrected chi connectivity index (χ0v) is 29.1. The second-order valence-corrected chi connectivity index (χ2v) is 14.8. The van der Waals surface area contributed by atoms with Crippen molar-refractivity contribution in [2.75, 3.05) is 0 Å². The van der Waals surface area contributed by atoms with Gasteiger partial charge in [-0.2, -0.15) is 0 Å². The number of aromatic nitrogens is 2. The fourth-order valence-corrected chi connectivity index (χ4v) is 9.04. The van der Waals surface area contributed by atoms with Crippen molar-refractivity contribution in [3.63, 3.8) is 0 Å². The third-order valence-corrected chi connectivity index (χ3v) is 11.5. The molecule has 0 N–H and O–H groups in total. The van der Waals surface area contributed by atoms with Crippen LogP contribution in [0, 0.1) is 0 Å². The molecule has 2 aromatic heterocycles. The zero-order valence-electron chi connectivity index (χ0n) is 29.1. The first-order valence-electron chi connectivity index (χ1n) is 18.1. The van der Waals surface area contributed by atoms with Crippen molar-refractivity contribution in [2.45, 2.75) is 19.3 Å². The normalized spacial score (nSPS) is 13.3. The summed E-state index contributed by atoms with van der Waals surface area (Å²) in [7, 11) is 0. The maximum Gasteiger partial charge on any atom is 0.138 e. The van der Waals surface area contributed by atoms with E-state index in [1.807, 2.05) is 0 Å². The topological polar surface area (TPSA) is 17.8 Å². The van der Waals surface area contributed by atoms with Crippen molar-refractivity contribution in [1.29, 1.82) is 0 Å². The molecule has 8 aromatic carbocycles. The summed E-state index contributed by atoms with van der Waals surface area (Å²) in [5, 5.41) is 10.1. The number of hydrogen-bond acceptors (Lipinski definition) is 1. The first kappa shape index (κ1) is 29.2. The van der Waals surface area contributed by atoms with Crippen molar-refractivity contribution in [2.24, 2.45) is 0 Å². The van der Waals surface area contributed by atoms with Crippen LogP contribution in [0.15, 0.2) is 170 Å². The number of hydrogen-bond donors (Lipinski definition) is 0. The van der Waals surface area contributed by atoms with Crippen LogP contribution in [-0.2, 0) is 5.41 Å². The number of rotatable bonds is 3. The molecule has 2 nitrogen and oxygen atoms in total. The van der Waals surface area contributed by atoms with Gasteiger partial charge in [-0.05, 0) is 102 Å². The van der Waals surface area contributed by atoms with Crippen molar-refractivity contribution in [1.82, 2.24) is 9.55 Å². The Morgan fingerprint density at radius 2 is 0.923 bits per heavy atom. The Bertz CT molecular complexity index is 3020. The van der Waals surface area contributed by atoms with Gasteiger partial charge < -0.3 is 0 Å². The molecule has 244 valence electrons. The van der Waals surface area contributed by atoms with E-state index in [9.17, 15) is 0 Å². The van der Waals surface area contributed by atoms with Gasteiger partial charge >= 0.3 is 0 Å². The Balaban J connectivity index is 1.32. The minimum absolute atomic E-state index is 0.132. The molecule has 2 heterocycles. The first-order valence-corrected chi connectivity index (χ1v) is 18.1. The summed E-state index contributed by atoms with van der Waals surface area (Å²) in [6.45, 7) is 4.73. The third kappa shape index (κ3) is 4.09. The van der Waals surface area contributed by atoms with Gasteiger partial charge in [-0.3, -0.25) is 4.57 Å². The third-order valence-electron chi connectivity index (χ3n) is 11.5. The summed E-state index contributed by atoms with van der Waals surface area (Å²) >= 11 is 0. The number of pyridine rings is 1. The minimum Gasteiger partial charge on any atom is -0.294 e. The van der Waals surface area contributed by atoms with Crippen LogP contribution in [0.1, 0.15) is 25.0 Å². The molecule has 0 atom stereocenters. The summed E-state index contributed by atoms with van der Waals surface area (Å²) in [4.78, 5) is 5.50. The lowest BCUT2D eigenvalue weighted by atomic mass is 9.82. The summed E-state index contributed by atoms with van der Waals surface area (Å²) in [6, 6.07) is 62.2. The maximum atomic E-state index is 5.50. The fraction of sp³-hybridized carbons (Fsp3) is 0.0600. The molecule has 1 aliphatic carbocycles. The molecular weight excluding hydrogens is 629 g/mol. The Hall–Kier alpha value is -6.51. The first-order chi connectivity index (χ1) is 25.5. The van der Waals surface area contributed by atoms with Crippen LogP contribution in [0.2, 0.25) is 0 Å². The average Bonchev–Trinajstić information content (AvgIpc) is 3.64. The van der Waals surface area contributed by atoms with Gasteiger partial charge in [0.1, 0.15) is 5.82 Å². The fourth-order valence-electron chi connectivity index (χ4n) is 9.04.